The lowest BCUT2D eigenvalue weighted by molar-refractivity contribution is -0.129. The van der Waals surface area contributed by atoms with E-state index in [1.807, 2.05) is 24.3 Å². The molecule has 7 nitrogen and oxygen atoms in total. The molecule has 130 valence electrons. The third-order valence-electron chi connectivity index (χ3n) is 5.55. The van der Waals surface area contributed by atoms with Crippen LogP contribution in [0.1, 0.15) is 17.7 Å². The first-order valence-corrected chi connectivity index (χ1v) is 10.2. The molecule has 0 unspecified atom stereocenters. The van der Waals surface area contributed by atoms with Crippen molar-refractivity contribution in [1.82, 2.24) is 14.8 Å². The van der Waals surface area contributed by atoms with Crippen LogP contribution in [0.3, 0.4) is 0 Å². The topological polar surface area (TPSA) is 90.6 Å². The summed E-state index contributed by atoms with van der Waals surface area (Å²) in [5.74, 6) is -0.328. The molecule has 2 atom stereocenters. The molecular weight excluding hydrogens is 342 g/mol. The maximum atomic E-state index is 12.9. The Bertz CT molecular complexity index is 1030. The number of hydrogen-bond donors (Lipinski definition) is 1. The van der Waals surface area contributed by atoms with Crippen molar-refractivity contribution >= 4 is 32.7 Å². The Morgan fingerprint density at radius 2 is 1.96 bits per heavy atom. The van der Waals surface area contributed by atoms with Crippen LogP contribution in [0.5, 0.6) is 0 Å². The number of fused-ring (bicyclic) bond motifs is 4. The second-order valence-corrected chi connectivity index (χ2v) is 9.25. The molecule has 2 aromatic rings. The van der Waals surface area contributed by atoms with Gasteiger partial charge in [0.15, 0.2) is 9.84 Å². The van der Waals surface area contributed by atoms with Crippen molar-refractivity contribution in [3.8, 4) is 0 Å². The predicted molar refractivity (Wildman–Crippen MR) is 90.6 cm³/mol. The SMILES string of the molecule is O=C1[C@@H]2Cc3c([nH]c4ccccc34)CN2C(=O)N1[C@@H]1CCS(=O)(=O)C1. The zero-order chi connectivity index (χ0) is 17.3. The van der Waals surface area contributed by atoms with E-state index in [0.717, 1.165) is 22.2 Å². The number of imide groups is 1. The molecule has 8 heteroatoms. The highest BCUT2D eigenvalue weighted by Gasteiger charge is 2.52. The first kappa shape index (κ1) is 14.9. The zero-order valence-corrected chi connectivity index (χ0v) is 14.3. The maximum absolute atomic E-state index is 12.9. The summed E-state index contributed by atoms with van der Waals surface area (Å²) in [6, 6.07) is 6.50. The Hall–Kier alpha value is -2.35. The molecule has 5 rings (SSSR count). The van der Waals surface area contributed by atoms with Crippen LogP contribution >= 0.6 is 0 Å². The smallest absolute Gasteiger partial charge is 0.328 e. The summed E-state index contributed by atoms with van der Waals surface area (Å²) in [4.78, 5) is 31.8. The highest BCUT2D eigenvalue weighted by molar-refractivity contribution is 7.91. The van der Waals surface area contributed by atoms with Gasteiger partial charge >= 0.3 is 6.03 Å². The van der Waals surface area contributed by atoms with Gasteiger partial charge in [-0.3, -0.25) is 9.69 Å². The predicted octanol–water partition coefficient (Wildman–Crippen LogP) is 1.04. The zero-order valence-electron chi connectivity index (χ0n) is 13.4. The Kier molecular flexibility index (Phi) is 2.90. The quantitative estimate of drug-likeness (QED) is 0.771. The fraction of sp³-hybridized carbons (Fsp3) is 0.412. The lowest BCUT2D eigenvalue weighted by atomic mass is 9.97. The number of aromatic amines is 1. The number of para-hydroxylation sites is 1. The molecule has 1 aromatic heterocycles. The van der Waals surface area contributed by atoms with E-state index in [9.17, 15) is 18.0 Å². The Morgan fingerprint density at radius 1 is 1.16 bits per heavy atom. The van der Waals surface area contributed by atoms with Gasteiger partial charge in [0, 0.05) is 23.0 Å². The largest absolute Gasteiger partial charge is 0.357 e. The number of H-pyrrole nitrogens is 1. The monoisotopic (exact) mass is 359 g/mol. The van der Waals surface area contributed by atoms with Crippen molar-refractivity contribution < 1.29 is 18.0 Å². The van der Waals surface area contributed by atoms with E-state index in [4.69, 9.17) is 0 Å². The lowest BCUT2D eigenvalue weighted by Gasteiger charge is -2.27. The molecule has 0 saturated carbocycles. The molecule has 0 spiro atoms. The number of benzene rings is 1. The summed E-state index contributed by atoms with van der Waals surface area (Å²) < 4.78 is 23.5. The summed E-state index contributed by atoms with van der Waals surface area (Å²) in [5, 5.41) is 1.08. The van der Waals surface area contributed by atoms with Crippen LogP contribution < -0.4 is 0 Å². The Morgan fingerprint density at radius 3 is 2.72 bits per heavy atom. The highest BCUT2D eigenvalue weighted by Crippen LogP contribution is 2.36. The summed E-state index contributed by atoms with van der Waals surface area (Å²) in [6.45, 7) is 0.356. The standard InChI is InChI=1S/C17H17N3O4S/c21-16-15-7-12-11-3-1-2-4-13(11)18-14(12)8-19(15)17(22)20(16)10-5-6-25(23,24)9-10/h1-4,10,15,18H,5-9H2/t10-,15+/m1/s1. The summed E-state index contributed by atoms with van der Waals surface area (Å²) in [7, 11) is -3.15. The summed E-state index contributed by atoms with van der Waals surface area (Å²) in [6.07, 6.45) is 0.814. The molecule has 1 N–H and O–H groups in total. The number of urea groups is 1. The van der Waals surface area contributed by atoms with Crippen molar-refractivity contribution in [3.63, 3.8) is 0 Å². The van der Waals surface area contributed by atoms with Crippen molar-refractivity contribution in [2.24, 2.45) is 0 Å². The number of aromatic nitrogens is 1. The first-order valence-electron chi connectivity index (χ1n) is 8.37. The van der Waals surface area contributed by atoms with Crippen LogP contribution in [0.15, 0.2) is 24.3 Å². The number of hydrogen-bond acceptors (Lipinski definition) is 4. The lowest BCUT2D eigenvalue weighted by Crippen LogP contribution is -2.41. The molecule has 0 aliphatic carbocycles. The van der Waals surface area contributed by atoms with E-state index in [-0.39, 0.29) is 23.4 Å². The minimum Gasteiger partial charge on any atom is -0.357 e. The molecule has 1 aromatic carbocycles. The molecule has 4 heterocycles. The number of nitrogens with zero attached hydrogens (tertiary/aromatic N) is 2. The van der Waals surface area contributed by atoms with Crippen molar-refractivity contribution in [1.29, 1.82) is 0 Å². The fourth-order valence-electron chi connectivity index (χ4n) is 4.34. The number of carbonyl (C=O) groups excluding carboxylic acids is 2. The molecule has 3 aliphatic heterocycles. The van der Waals surface area contributed by atoms with Gasteiger partial charge in [0.05, 0.1) is 24.1 Å². The average molecular weight is 359 g/mol. The van der Waals surface area contributed by atoms with Crippen LogP contribution in [-0.2, 0) is 27.6 Å². The molecule has 0 bridgehead atoms. The normalized spacial score (nSPS) is 27.8. The Balaban J connectivity index is 1.51. The van der Waals surface area contributed by atoms with Gasteiger partial charge < -0.3 is 9.88 Å². The number of sulfone groups is 1. The number of rotatable bonds is 1. The van der Waals surface area contributed by atoms with E-state index < -0.39 is 21.9 Å². The van der Waals surface area contributed by atoms with E-state index in [2.05, 4.69) is 4.98 Å². The molecule has 2 saturated heterocycles. The van der Waals surface area contributed by atoms with Crippen LogP contribution in [0, 0.1) is 0 Å². The van der Waals surface area contributed by atoms with E-state index in [1.165, 1.54) is 4.90 Å². The van der Waals surface area contributed by atoms with Gasteiger partial charge in [-0.25, -0.2) is 13.2 Å². The van der Waals surface area contributed by atoms with Crippen LogP contribution in [-0.4, -0.2) is 58.7 Å². The second-order valence-electron chi connectivity index (χ2n) is 7.02. The van der Waals surface area contributed by atoms with Crippen LogP contribution in [0.2, 0.25) is 0 Å². The third kappa shape index (κ3) is 2.06. The number of carbonyl (C=O) groups is 2. The van der Waals surface area contributed by atoms with E-state index in [1.54, 1.807) is 4.90 Å². The molecule has 0 radical (unpaired) electrons. The van der Waals surface area contributed by atoms with E-state index >= 15 is 0 Å². The number of amides is 3. The fourth-order valence-corrected chi connectivity index (χ4v) is 6.04. The van der Waals surface area contributed by atoms with Gasteiger partial charge in [-0.1, -0.05) is 18.2 Å². The first-order chi connectivity index (χ1) is 11.9. The molecule has 3 amide bonds. The van der Waals surface area contributed by atoms with E-state index in [0.29, 0.717) is 19.4 Å². The van der Waals surface area contributed by atoms with Gasteiger partial charge in [-0.05, 0) is 18.1 Å². The average Bonchev–Trinajstić information content (AvgIpc) is 3.19. The van der Waals surface area contributed by atoms with Crippen LogP contribution in [0.4, 0.5) is 4.79 Å². The summed E-state index contributed by atoms with van der Waals surface area (Å²) in [5.41, 5.74) is 3.05. The van der Waals surface area contributed by atoms with Crippen molar-refractivity contribution in [3.05, 3.63) is 35.5 Å². The van der Waals surface area contributed by atoms with Gasteiger partial charge in [0.2, 0.25) is 0 Å². The molecule has 2 fully saturated rings. The third-order valence-corrected chi connectivity index (χ3v) is 7.30. The van der Waals surface area contributed by atoms with Gasteiger partial charge in [0.25, 0.3) is 5.91 Å². The minimum atomic E-state index is -3.15. The molecule has 25 heavy (non-hydrogen) atoms. The highest BCUT2D eigenvalue weighted by atomic mass is 32.2. The molecule has 3 aliphatic rings. The van der Waals surface area contributed by atoms with Gasteiger partial charge in [-0.15, -0.1) is 0 Å². The maximum Gasteiger partial charge on any atom is 0.328 e. The van der Waals surface area contributed by atoms with Crippen molar-refractivity contribution in [2.75, 3.05) is 11.5 Å². The van der Waals surface area contributed by atoms with Crippen LogP contribution in [0.25, 0.3) is 10.9 Å². The summed E-state index contributed by atoms with van der Waals surface area (Å²) >= 11 is 0. The van der Waals surface area contributed by atoms with Gasteiger partial charge in [-0.2, -0.15) is 0 Å². The van der Waals surface area contributed by atoms with Crippen molar-refractivity contribution in [2.45, 2.75) is 31.5 Å². The molecular formula is C17H17N3O4S. The minimum absolute atomic E-state index is 0.0447. The number of nitrogens with one attached hydrogen (secondary N) is 1. The Labute approximate surface area is 144 Å². The van der Waals surface area contributed by atoms with Gasteiger partial charge in [0.1, 0.15) is 6.04 Å². The second kappa shape index (κ2) is 4.85.